The number of rotatable bonds is 1. The number of likely N-dealkylation sites (tertiary alicyclic amines) is 1. The van der Waals surface area contributed by atoms with Crippen LogP contribution in [0.25, 0.3) is 0 Å². The molecule has 1 aliphatic heterocycles. The van der Waals surface area contributed by atoms with E-state index in [9.17, 15) is 4.79 Å². The molecule has 2 heterocycles. The number of benzene rings is 1. The molecule has 0 N–H and O–H groups in total. The number of carbonyl (C=O) groups excluding carboxylic acids is 1. The summed E-state index contributed by atoms with van der Waals surface area (Å²) in [7, 11) is 1.84. The molecule has 3 rings (SSSR count). The molecule has 1 aliphatic rings. The highest BCUT2D eigenvalue weighted by atomic mass is 16.2. The second kappa shape index (κ2) is 5.85. The fourth-order valence-electron chi connectivity index (χ4n) is 2.71. The van der Waals surface area contributed by atoms with Crippen LogP contribution in [0.3, 0.4) is 0 Å². The predicted octanol–water partition coefficient (Wildman–Crippen LogP) is 2.60. The van der Waals surface area contributed by atoms with Gasteiger partial charge in [0, 0.05) is 30.5 Å². The highest BCUT2D eigenvalue weighted by Crippen LogP contribution is 2.36. The van der Waals surface area contributed by atoms with Gasteiger partial charge >= 0.3 is 0 Å². The van der Waals surface area contributed by atoms with E-state index in [1.165, 1.54) is 0 Å². The van der Waals surface area contributed by atoms with Crippen molar-refractivity contribution in [3.05, 3.63) is 59.7 Å². The molecular formula is C19H19N3O. The molecule has 1 saturated heterocycles. The fourth-order valence-corrected chi connectivity index (χ4v) is 2.71. The Morgan fingerprint density at radius 2 is 1.70 bits per heavy atom. The number of aromatic nitrogens is 2. The molecule has 4 nitrogen and oxygen atoms in total. The first-order valence-corrected chi connectivity index (χ1v) is 7.64. The molecule has 1 amide bonds. The Morgan fingerprint density at radius 3 is 2.26 bits per heavy atom. The van der Waals surface area contributed by atoms with Crippen molar-refractivity contribution in [1.82, 2.24) is 14.9 Å². The summed E-state index contributed by atoms with van der Waals surface area (Å²) in [4.78, 5) is 22.8. The highest BCUT2D eigenvalue weighted by molar-refractivity contribution is 5.85. The summed E-state index contributed by atoms with van der Waals surface area (Å²) in [6.07, 6.45) is 4.12. The van der Waals surface area contributed by atoms with E-state index in [0.717, 1.165) is 17.5 Å². The van der Waals surface area contributed by atoms with Crippen molar-refractivity contribution in [3.8, 4) is 11.8 Å². The number of carbonyl (C=O) groups is 1. The average molecular weight is 305 g/mol. The maximum absolute atomic E-state index is 12.3. The minimum atomic E-state index is -0.258. The third-order valence-corrected chi connectivity index (χ3v) is 4.35. The van der Waals surface area contributed by atoms with Gasteiger partial charge in [-0.2, -0.15) is 0 Å². The first kappa shape index (κ1) is 15.2. The third kappa shape index (κ3) is 3.09. The van der Waals surface area contributed by atoms with Crippen molar-refractivity contribution in [1.29, 1.82) is 0 Å². The van der Waals surface area contributed by atoms with E-state index >= 15 is 0 Å². The summed E-state index contributed by atoms with van der Waals surface area (Å²) < 4.78 is 0. The first-order valence-electron chi connectivity index (χ1n) is 7.64. The lowest BCUT2D eigenvalue weighted by molar-refractivity contribution is -0.130. The summed E-state index contributed by atoms with van der Waals surface area (Å²) in [5, 5.41) is 0. The van der Waals surface area contributed by atoms with Crippen LogP contribution >= 0.6 is 0 Å². The minimum absolute atomic E-state index is 0.0816. The largest absolute Gasteiger partial charge is 0.340 e. The maximum Gasteiger partial charge on any atom is 0.233 e. The van der Waals surface area contributed by atoms with Crippen LogP contribution in [-0.2, 0) is 4.79 Å². The second-order valence-corrected chi connectivity index (χ2v) is 6.41. The first-order chi connectivity index (χ1) is 11.0. The van der Waals surface area contributed by atoms with Gasteiger partial charge in [-0.05, 0) is 32.4 Å². The van der Waals surface area contributed by atoms with Gasteiger partial charge in [-0.3, -0.25) is 4.79 Å². The lowest BCUT2D eigenvalue weighted by Gasteiger charge is -2.26. The Labute approximate surface area is 136 Å². The van der Waals surface area contributed by atoms with Crippen molar-refractivity contribution < 1.29 is 4.79 Å². The molecule has 0 spiro atoms. The lowest BCUT2D eigenvalue weighted by Crippen LogP contribution is -2.37. The highest BCUT2D eigenvalue weighted by Gasteiger charge is 2.44. The molecule has 0 bridgehead atoms. The third-order valence-electron chi connectivity index (χ3n) is 4.35. The SMILES string of the molecule is CN1C(=O)[C@H](c2ncc(C#Cc3ccccc3)cn2)CC1(C)C. The van der Waals surface area contributed by atoms with Crippen molar-refractivity contribution >= 4 is 5.91 Å². The summed E-state index contributed by atoms with van der Waals surface area (Å²) in [6, 6.07) is 9.77. The zero-order valence-electron chi connectivity index (χ0n) is 13.6. The molecule has 0 saturated carbocycles. The van der Waals surface area contributed by atoms with E-state index in [1.54, 1.807) is 17.3 Å². The number of hydrogen-bond acceptors (Lipinski definition) is 3. The van der Waals surface area contributed by atoms with Crippen LogP contribution in [0.5, 0.6) is 0 Å². The van der Waals surface area contributed by atoms with E-state index < -0.39 is 0 Å². The van der Waals surface area contributed by atoms with Crippen LogP contribution in [0.2, 0.25) is 0 Å². The van der Waals surface area contributed by atoms with E-state index in [0.29, 0.717) is 5.82 Å². The van der Waals surface area contributed by atoms with E-state index in [1.807, 2.05) is 37.4 Å². The molecule has 0 radical (unpaired) electrons. The summed E-state index contributed by atoms with van der Waals surface area (Å²) >= 11 is 0. The molecule has 0 unspecified atom stereocenters. The van der Waals surface area contributed by atoms with E-state index in [2.05, 4.69) is 35.7 Å². The molecule has 23 heavy (non-hydrogen) atoms. The van der Waals surface area contributed by atoms with Crippen LogP contribution in [0.15, 0.2) is 42.7 Å². The van der Waals surface area contributed by atoms with Crippen molar-refractivity contribution in [2.75, 3.05) is 7.05 Å². The topological polar surface area (TPSA) is 46.1 Å². The molecule has 0 aliphatic carbocycles. The Balaban J connectivity index is 1.79. The normalized spacial score (nSPS) is 19.3. The van der Waals surface area contributed by atoms with E-state index in [-0.39, 0.29) is 17.4 Å². The zero-order valence-corrected chi connectivity index (χ0v) is 13.6. The maximum atomic E-state index is 12.3. The summed E-state index contributed by atoms with van der Waals surface area (Å²) in [5.74, 6) is 6.52. The standard InChI is InChI=1S/C19H19N3O/c1-19(2)11-16(18(23)22(19)3)17-20-12-15(13-21-17)10-9-14-7-5-4-6-8-14/h4-8,12-13,16H,11H2,1-3H3/t16-/m0/s1. The smallest absolute Gasteiger partial charge is 0.233 e. The molecule has 1 atom stereocenters. The summed E-state index contributed by atoms with van der Waals surface area (Å²) in [5.41, 5.74) is 1.54. The van der Waals surface area contributed by atoms with Gasteiger partial charge in [-0.1, -0.05) is 30.0 Å². The quantitative estimate of drug-likeness (QED) is 0.761. The van der Waals surface area contributed by atoms with Gasteiger partial charge in [0.2, 0.25) is 5.91 Å². The van der Waals surface area contributed by atoms with Crippen LogP contribution in [0.4, 0.5) is 0 Å². The van der Waals surface area contributed by atoms with Crippen LogP contribution in [-0.4, -0.2) is 33.4 Å². The summed E-state index contributed by atoms with van der Waals surface area (Å²) in [6.45, 7) is 4.12. The van der Waals surface area contributed by atoms with Crippen molar-refractivity contribution in [2.45, 2.75) is 31.7 Å². The van der Waals surface area contributed by atoms with Gasteiger partial charge in [-0.25, -0.2) is 9.97 Å². The molecule has 1 fully saturated rings. The monoisotopic (exact) mass is 305 g/mol. The van der Waals surface area contributed by atoms with Crippen LogP contribution in [0, 0.1) is 11.8 Å². The Hall–Kier alpha value is -2.67. The Bertz CT molecular complexity index is 770. The van der Waals surface area contributed by atoms with Crippen molar-refractivity contribution in [2.24, 2.45) is 0 Å². The minimum Gasteiger partial charge on any atom is -0.340 e. The number of amides is 1. The van der Waals surface area contributed by atoms with Gasteiger partial charge in [0.1, 0.15) is 11.7 Å². The Morgan fingerprint density at radius 1 is 1.09 bits per heavy atom. The molecule has 116 valence electrons. The van der Waals surface area contributed by atoms with Gasteiger partial charge in [0.15, 0.2) is 0 Å². The molecule has 1 aromatic heterocycles. The number of hydrogen-bond donors (Lipinski definition) is 0. The van der Waals surface area contributed by atoms with Crippen LogP contribution < -0.4 is 0 Å². The van der Waals surface area contributed by atoms with Gasteiger partial charge in [-0.15, -0.1) is 0 Å². The van der Waals surface area contributed by atoms with Crippen LogP contribution in [0.1, 0.15) is 43.1 Å². The molecule has 1 aromatic carbocycles. The molecule has 2 aromatic rings. The number of nitrogens with zero attached hydrogens (tertiary/aromatic N) is 3. The average Bonchev–Trinajstić information content (AvgIpc) is 2.78. The fraction of sp³-hybridized carbons (Fsp3) is 0.316. The Kier molecular flexibility index (Phi) is 3.87. The lowest BCUT2D eigenvalue weighted by atomic mass is 9.96. The zero-order chi connectivity index (χ0) is 16.4. The second-order valence-electron chi connectivity index (χ2n) is 6.41. The van der Waals surface area contributed by atoms with Gasteiger partial charge < -0.3 is 4.90 Å². The predicted molar refractivity (Wildman–Crippen MR) is 88.7 cm³/mol. The van der Waals surface area contributed by atoms with Crippen molar-refractivity contribution in [3.63, 3.8) is 0 Å². The van der Waals surface area contributed by atoms with E-state index in [4.69, 9.17) is 0 Å². The molecular weight excluding hydrogens is 286 g/mol. The molecule has 4 heteroatoms. The van der Waals surface area contributed by atoms with Gasteiger partial charge in [0.05, 0.1) is 5.56 Å². The number of likely N-dealkylation sites (N-methyl/N-ethyl adjacent to an activating group) is 1. The van der Waals surface area contributed by atoms with Gasteiger partial charge in [0.25, 0.3) is 0 Å².